The van der Waals surface area contributed by atoms with Gasteiger partial charge in [-0.05, 0) is 16.7 Å². The molecule has 138 valence electrons. The van der Waals surface area contributed by atoms with Crippen molar-refractivity contribution >= 4 is 12.0 Å². The first-order chi connectivity index (χ1) is 13.8. The van der Waals surface area contributed by atoms with Crippen LogP contribution in [0.25, 0.3) is 22.3 Å². The number of benzene rings is 3. The molecule has 1 N–H and O–H groups in total. The molecule has 1 amide bonds. The third-order valence-corrected chi connectivity index (χ3v) is 4.37. The van der Waals surface area contributed by atoms with Crippen molar-refractivity contribution in [1.82, 2.24) is 0 Å². The maximum absolute atomic E-state index is 12.3. The fourth-order valence-electron chi connectivity index (χ4n) is 3.02. The summed E-state index contributed by atoms with van der Waals surface area (Å²) in [5, 5.41) is 2.74. The van der Waals surface area contributed by atoms with Crippen molar-refractivity contribution in [2.24, 2.45) is 0 Å². The Balaban J connectivity index is 1.60. The second kappa shape index (κ2) is 8.27. The SMILES string of the molecule is O=C(Nc1occ(-c2ccccc2)c1-c1ccccc1)OCc1ccccc1. The molecular weight excluding hydrogens is 350 g/mol. The first-order valence-electron chi connectivity index (χ1n) is 9.01. The molecule has 4 aromatic rings. The number of hydrogen-bond acceptors (Lipinski definition) is 3. The van der Waals surface area contributed by atoms with Crippen molar-refractivity contribution in [1.29, 1.82) is 0 Å². The van der Waals surface area contributed by atoms with Crippen LogP contribution < -0.4 is 5.32 Å². The van der Waals surface area contributed by atoms with Crippen LogP contribution in [0.1, 0.15) is 5.56 Å². The lowest BCUT2D eigenvalue weighted by Crippen LogP contribution is -2.13. The van der Waals surface area contributed by atoms with Crippen LogP contribution in [0.3, 0.4) is 0 Å². The first-order valence-corrected chi connectivity index (χ1v) is 9.01. The Labute approximate surface area is 163 Å². The van der Waals surface area contributed by atoms with Gasteiger partial charge in [0.05, 0.1) is 5.56 Å². The zero-order chi connectivity index (χ0) is 19.2. The zero-order valence-electron chi connectivity index (χ0n) is 15.2. The minimum atomic E-state index is -0.560. The molecule has 0 spiro atoms. The van der Waals surface area contributed by atoms with Gasteiger partial charge in [-0.1, -0.05) is 91.0 Å². The quantitative estimate of drug-likeness (QED) is 0.445. The summed E-state index contributed by atoms with van der Waals surface area (Å²) in [6, 6.07) is 29.3. The summed E-state index contributed by atoms with van der Waals surface area (Å²) in [5.41, 5.74) is 4.61. The van der Waals surface area contributed by atoms with Crippen molar-refractivity contribution < 1.29 is 13.9 Å². The van der Waals surface area contributed by atoms with Gasteiger partial charge in [-0.2, -0.15) is 0 Å². The van der Waals surface area contributed by atoms with E-state index in [0.717, 1.165) is 27.8 Å². The van der Waals surface area contributed by atoms with E-state index in [2.05, 4.69) is 5.32 Å². The molecule has 1 aromatic heterocycles. The number of anilines is 1. The Kier molecular flexibility index (Phi) is 5.20. The molecule has 28 heavy (non-hydrogen) atoms. The number of carbonyl (C=O) groups excluding carboxylic acids is 1. The molecule has 0 fully saturated rings. The van der Waals surface area contributed by atoms with E-state index in [-0.39, 0.29) is 6.61 Å². The van der Waals surface area contributed by atoms with E-state index in [1.165, 1.54) is 0 Å². The molecule has 0 aliphatic rings. The van der Waals surface area contributed by atoms with Gasteiger partial charge in [0.1, 0.15) is 12.9 Å². The van der Waals surface area contributed by atoms with Crippen molar-refractivity contribution in [2.45, 2.75) is 6.61 Å². The van der Waals surface area contributed by atoms with Gasteiger partial charge in [0.2, 0.25) is 5.88 Å². The summed E-state index contributed by atoms with van der Waals surface area (Å²) in [4.78, 5) is 12.3. The summed E-state index contributed by atoms with van der Waals surface area (Å²) < 4.78 is 11.0. The lowest BCUT2D eigenvalue weighted by molar-refractivity contribution is 0.154. The molecule has 3 aromatic carbocycles. The predicted octanol–water partition coefficient (Wildman–Crippen LogP) is 6.36. The molecule has 1 heterocycles. The van der Waals surface area contributed by atoms with Gasteiger partial charge >= 0.3 is 6.09 Å². The van der Waals surface area contributed by atoms with E-state index in [0.29, 0.717) is 5.88 Å². The fraction of sp³-hybridized carbons (Fsp3) is 0.0417. The van der Waals surface area contributed by atoms with Crippen molar-refractivity contribution in [2.75, 3.05) is 5.32 Å². The van der Waals surface area contributed by atoms with Crippen LogP contribution in [0.5, 0.6) is 0 Å². The van der Waals surface area contributed by atoms with Crippen LogP contribution >= 0.6 is 0 Å². The van der Waals surface area contributed by atoms with Gasteiger partial charge < -0.3 is 9.15 Å². The molecular formula is C24H19NO3. The highest BCUT2D eigenvalue weighted by Gasteiger charge is 2.19. The van der Waals surface area contributed by atoms with E-state index >= 15 is 0 Å². The molecule has 0 saturated carbocycles. The number of amides is 1. The van der Waals surface area contributed by atoms with Crippen LogP contribution in [-0.4, -0.2) is 6.09 Å². The van der Waals surface area contributed by atoms with Gasteiger partial charge in [0.25, 0.3) is 0 Å². The smallest absolute Gasteiger partial charge is 0.414 e. The standard InChI is InChI=1S/C24H19NO3/c26-24(28-16-18-10-4-1-5-11-18)25-23-22(20-14-8-3-9-15-20)21(17-27-23)19-12-6-2-7-13-19/h1-15,17H,16H2,(H,25,26). The average molecular weight is 369 g/mol. The monoisotopic (exact) mass is 369 g/mol. The van der Waals surface area contributed by atoms with Gasteiger partial charge in [-0.15, -0.1) is 0 Å². The third kappa shape index (κ3) is 3.96. The van der Waals surface area contributed by atoms with E-state index in [4.69, 9.17) is 9.15 Å². The Hall–Kier alpha value is -3.79. The van der Waals surface area contributed by atoms with Crippen LogP contribution in [0, 0.1) is 0 Å². The second-order valence-corrected chi connectivity index (χ2v) is 6.27. The van der Waals surface area contributed by atoms with E-state index in [1.54, 1.807) is 6.26 Å². The molecule has 0 aliphatic carbocycles. The largest absolute Gasteiger partial charge is 0.447 e. The fourth-order valence-corrected chi connectivity index (χ4v) is 3.02. The molecule has 0 radical (unpaired) electrons. The number of carbonyl (C=O) groups is 1. The number of nitrogens with one attached hydrogen (secondary N) is 1. The number of furan rings is 1. The van der Waals surface area contributed by atoms with Gasteiger partial charge in [0.15, 0.2) is 0 Å². The Morgan fingerprint density at radius 3 is 2.00 bits per heavy atom. The zero-order valence-corrected chi connectivity index (χ0v) is 15.2. The summed E-state index contributed by atoms with van der Waals surface area (Å²) in [6.45, 7) is 0.194. The van der Waals surface area contributed by atoms with Crippen LogP contribution in [0.15, 0.2) is 102 Å². The van der Waals surface area contributed by atoms with Gasteiger partial charge in [0, 0.05) is 5.56 Å². The maximum atomic E-state index is 12.3. The lowest BCUT2D eigenvalue weighted by Gasteiger charge is -2.09. The Morgan fingerprint density at radius 1 is 0.786 bits per heavy atom. The molecule has 0 bridgehead atoms. The first kappa shape index (κ1) is 17.6. The van der Waals surface area contributed by atoms with E-state index in [1.807, 2.05) is 91.0 Å². The van der Waals surface area contributed by atoms with Crippen molar-refractivity contribution in [3.63, 3.8) is 0 Å². The lowest BCUT2D eigenvalue weighted by atomic mass is 9.98. The van der Waals surface area contributed by atoms with Gasteiger partial charge in [-0.25, -0.2) is 4.79 Å². The van der Waals surface area contributed by atoms with Crippen molar-refractivity contribution in [3.05, 3.63) is 103 Å². The van der Waals surface area contributed by atoms with E-state index in [9.17, 15) is 4.79 Å². The minimum Gasteiger partial charge on any atom is -0.447 e. The Bertz CT molecular complexity index is 1040. The minimum absolute atomic E-state index is 0.194. The average Bonchev–Trinajstić information content (AvgIpc) is 3.17. The highest BCUT2D eigenvalue weighted by molar-refractivity contribution is 5.95. The number of rotatable bonds is 5. The topological polar surface area (TPSA) is 51.5 Å². The molecule has 0 unspecified atom stereocenters. The maximum Gasteiger partial charge on any atom is 0.414 e. The molecule has 0 atom stereocenters. The predicted molar refractivity (Wildman–Crippen MR) is 110 cm³/mol. The summed E-state index contributed by atoms with van der Waals surface area (Å²) in [5.74, 6) is 0.364. The van der Waals surface area contributed by atoms with E-state index < -0.39 is 6.09 Å². The highest BCUT2D eigenvalue weighted by atomic mass is 16.5. The second-order valence-electron chi connectivity index (χ2n) is 6.27. The highest BCUT2D eigenvalue weighted by Crippen LogP contribution is 2.39. The molecule has 0 saturated heterocycles. The van der Waals surface area contributed by atoms with Crippen LogP contribution in [0.4, 0.5) is 10.7 Å². The Morgan fingerprint density at radius 2 is 1.36 bits per heavy atom. The summed E-state index contributed by atoms with van der Waals surface area (Å²) in [6.07, 6.45) is 1.10. The molecule has 0 aliphatic heterocycles. The van der Waals surface area contributed by atoms with Crippen molar-refractivity contribution in [3.8, 4) is 22.3 Å². The number of ether oxygens (including phenoxy) is 1. The summed E-state index contributed by atoms with van der Waals surface area (Å²) >= 11 is 0. The van der Waals surface area contributed by atoms with Gasteiger partial charge in [-0.3, -0.25) is 5.32 Å². The molecule has 4 nitrogen and oxygen atoms in total. The van der Waals surface area contributed by atoms with Crippen LogP contribution in [-0.2, 0) is 11.3 Å². The number of hydrogen-bond donors (Lipinski definition) is 1. The normalized spacial score (nSPS) is 10.4. The van der Waals surface area contributed by atoms with Crippen LogP contribution in [0.2, 0.25) is 0 Å². The summed E-state index contributed by atoms with van der Waals surface area (Å²) in [7, 11) is 0. The molecule has 4 rings (SSSR count). The molecule has 4 heteroatoms. The third-order valence-electron chi connectivity index (χ3n) is 4.37.